The van der Waals surface area contributed by atoms with Gasteiger partial charge in [0.1, 0.15) is 17.3 Å². The van der Waals surface area contributed by atoms with E-state index in [4.69, 9.17) is 15.9 Å². The molecule has 0 bridgehead atoms. The molecule has 0 radical (unpaired) electrons. The lowest BCUT2D eigenvalue weighted by Gasteiger charge is -2.13. The maximum Gasteiger partial charge on any atom is 0.416 e. The van der Waals surface area contributed by atoms with Crippen molar-refractivity contribution < 1.29 is 17.9 Å². The fraction of sp³-hybridized carbons (Fsp3) is 0.133. The van der Waals surface area contributed by atoms with Crippen LogP contribution in [0.15, 0.2) is 42.5 Å². The molecule has 0 aliphatic heterocycles. The van der Waals surface area contributed by atoms with Crippen molar-refractivity contribution in [2.75, 3.05) is 0 Å². The number of hydrogen-bond donors (Lipinski definition) is 2. The highest BCUT2D eigenvalue weighted by Gasteiger charge is 2.31. The van der Waals surface area contributed by atoms with Crippen LogP contribution in [0.5, 0.6) is 11.5 Å². The second kappa shape index (κ2) is 5.47. The molecule has 3 nitrogen and oxygen atoms in total. The number of halogens is 3. The van der Waals surface area contributed by atoms with Gasteiger partial charge in [-0.05, 0) is 37.3 Å². The Labute approximate surface area is 119 Å². The Balaban J connectivity index is 2.39. The number of nitrogen functional groups attached to an aromatic ring is 1. The number of nitrogens with two attached hydrogens (primary N) is 1. The molecule has 0 saturated carbocycles. The molecule has 6 heteroatoms. The third-order valence-corrected chi connectivity index (χ3v) is 2.85. The fourth-order valence-electron chi connectivity index (χ4n) is 1.74. The maximum atomic E-state index is 12.7. The van der Waals surface area contributed by atoms with E-state index >= 15 is 0 Å². The van der Waals surface area contributed by atoms with Crippen LogP contribution in [0, 0.1) is 12.3 Å². The second-order valence-corrected chi connectivity index (χ2v) is 4.54. The summed E-state index contributed by atoms with van der Waals surface area (Å²) in [6, 6.07) is 9.88. The number of hydrogen-bond acceptors (Lipinski definition) is 2. The van der Waals surface area contributed by atoms with E-state index in [1.54, 1.807) is 12.1 Å². The molecule has 110 valence electrons. The Hall–Kier alpha value is -2.50. The van der Waals surface area contributed by atoms with Crippen molar-refractivity contribution in [2.45, 2.75) is 13.1 Å². The van der Waals surface area contributed by atoms with E-state index in [9.17, 15) is 13.2 Å². The molecule has 0 aromatic heterocycles. The van der Waals surface area contributed by atoms with Crippen molar-refractivity contribution in [1.29, 1.82) is 5.41 Å². The Morgan fingerprint density at radius 2 is 1.71 bits per heavy atom. The van der Waals surface area contributed by atoms with E-state index in [-0.39, 0.29) is 11.3 Å². The molecule has 2 rings (SSSR count). The molecule has 0 heterocycles. The fourth-order valence-corrected chi connectivity index (χ4v) is 1.74. The van der Waals surface area contributed by atoms with E-state index in [1.165, 1.54) is 6.07 Å². The highest BCUT2D eigenvalue weighted by Crippen LogP contribution is 2.34. The molecule has 0 atom stereocenters. The van der Waals surface area contributed by atoms with Gasteiger partial charge in [0.15, 0.2) is 0 Å². The lowest BCUT2D eigenvalue weighted by Crippen LogP contribution is -2.14. The van der Waals surface area contributed by atoms with Crippen molar-refractivity contribution in [1.82, 2.24) is 0 Å². The quantitative estimate of drug-likeness (QED) is 0.661. The molecule has 2 aromatic rings. The Bertz CT molecular complexity index is 664. The zero-order valence-electron chi connectivity index (χ0n) is 11.2. The number of alkyl halides is 3. The zero-order valence-corrected chi connectivity index (χ0v) is 11.2. The minimum absolute atomic E-state index is 0.0922. The van der Waals surface area contributed by atoms with Gasteiger partial charge in [0.25, 0.3) is 0 Å². The zero-order chi connectivity index (χ0) is 15.6. The van der Waals surface area contributed by atoms with Gasteiger partial charge in [-0.2, -0.15) is 13.2 Å². The first-order valence-corrected chi connectivity index (χ1v) is 6.07. The van der Waals surface area contributed by atoms with E-state index in [0.717, 1.165) is 17.7 Å². The molecule has 2 aromatic carbocycles. The van der Waals surface area contributed by atoms with Crippen molar-refractivity contribution >= 4 is 5.84 Å². The number of rotatable bonds is 3. The lowest BCUT2D eigenvalue weighted by atomic mass is 10.1. The summed E-state index contributed by atoms with van der Waals surface area (Å²) in [5, 5.41) is 7.41. The summed E-state index contributed by atoms with van der Waals surface area (Å²) >= 11 is 0. The van der Waals surface area contributed by atoms with Gasteiger partial charge in [-0.1, -0.05) is 17.7 Å². The third-order valence-electron chi connectivity index (χ3n) is 2.85. The van der Waals surface area contributed by atoms with Gasteiger partial charge < -0.3 is 10.5 Å². The molecule has 0 spiro atoms. The van der Waals surface area contributed by atoms with E-state index in [1.807, 2.05) is 19.1 Å². The molecule has 0 aliphatic rings. The Morgan fingerprint density at radius 1 is 1.10 bits per heavy atom. The summed E-state index contributed by atoms with van der Waals surface area (Å²) < 4.78 is 43.6. The van der Waals surface area contributed by atoms with Crippen molar-refractivity contribution in [2.24, 2.45) is 5.73 Å². The topological polar surface area (TPSA) is 59.1 Å². The number of nitrogens with one attached hydrogen (secondary N) is 1. The SMILES string of the molecule is Cc1ccc(Oc2ccc(C(F)(F)F)cc2C(=N)N)cc1. The summed E-state index contributed by atoms with van der Waals surface area (Å²) in [6.45, 7) is 1.91. The minimum atomic E-state index is -4.49. The van der Waals surface area contributed by atoms with Gasteiger partial charge >= 0.3 is 6.18 Å². The summed E-state index contributed by atoms with van der Waals surface area (Å²) in [5.41, 5.74) is 5.41. The van der Waals surface area contributed by atoms with Crippen LogP contribution in [-0.2, 0) is 6.18 Å². The number of amidine groups is 1. The summed E-state index contributed by atoms with van der Waals surface area (Å²) in [4.78, 5) is 0. The molecular formula is C15H13F3N2O. The average molecular weight is 294 g/mol. The predicted molar refractivity (Wildman–Crippen MR) is 73.7 cm³/mol. The second-order valence-electron chi connectivity index (χ2n) is 4.54. The lowest BCUT2D eigenvalue weighted by molar-refractivity contribution is -0.137. The molecule has 0 saturated heterocycles. The van der Waals surface area contributed by atoms with Gasteiger partial charge in [0.05, 0.1) is 11.1 Å². The summed E-state index contributed by atoms with van der Waals surface area (Å²) in [5.74, 6) is 0.0884. The largest absolute Gasteiger partial charge is 0.457 e. The van der Waals surface area contributed by atoms with Crippen LogP contribution in [0.25, 0.3) is 0 Å². The molecule has 0 unspecified atom stereocenters. The maximum absolute atomic E-state index is 12.7. The highest BCUT2D eigenvalue weighted by atomic mass is 19.4. The van der Waals surface area contributed by atoms with Gasteiger partial charge in [0.2, 0.25) is 0 Å². The van der Waals surface area contributed by atoms with Crippen LogP contribution in [0.1, 0.15) is 16.7 Å². The van der Waals surface area contributed by atoms with E-state index < -0.39 is 17.6 Å². The van der Waals surface area contributed by atoms with Crippen LogP contribution in [0.2, 0.25) is 0 Å². The van der Waals surface area contributed by atoms with E-state index in [0.29, 0.717) is 5.75 Å². The smallest absolute Gasteiger partial charge is 0.416 e. The molecule has 0 amide bonds. The van der Waals surface area contributed by atoms with Crippen LogP contribution < -0.4 is 10.5 Å². The van der Waals surface area contributed by atoms with E-state index in [2.05, 4.69) is 0 Å². The molecule has 0 fully saturated rings. The molecule has 0 aliphatic carbocycles. The van der Waals surface area contributed by atoms with Crippen LogP contribution >= 0.6 is 0 Å². The van der Waals surface area contributed by atoms with Gasteiger partial charge in [-0.25, -0.2) is 0 Å². The van der Waals surface area contributed by atoms with Crippen LogP contribution in [0.4, 0.5) is 13.2 Å². The van der Waals surface area contributed by atoms with Gasteiger partial charge in [-0.15, -0.1) is 0 Å². The van der Waals surface area contributed by atoms with Crippen molar-refractivity contribution in [3.63, 3.8) is 0 Å². The first-order valence-electron chi connectivity index (χ1n) is 6.07. The number of ether oxygens (including phenoxy) is 1. The van der Waals surface area contributed by atoms with Crippen molar-refractivity contribution in [3.8, 4) is 11.5 Å². The first kappa shape index (κ1) is 14.9. The first-order chi connectivity index (χ1) is 9.77. The Kier molecular flexibility index (Phi) is 3.88. The van der Waals surface area contributed by atoms with Gasteiger partial charge in [-0.3, -0.25) is 5.41 Å². The van der Waals surface area contributed by atoms with Gasteiger partial charge in [0, 0.05) is 0 Å². The normalized spacial score (nSPS) is 11.2. The minimum Gasteiger partial charge on any atom is -0.457 e. The highest BCUT2D eigenvalue weighted by molar-refractivity contribution is 5.98. The number of aryl methyl sites for hydroxylation is 1. The van der Waals surface area contributed by atoms with Crippen LogP contribution in [-0.4, -0.2) is 5.84 Å². The summed E-state index contributed by atoms with van der Waals surface area (Å²) in [7, 11) is 0. The Morgan fingerprint density at radius 3 is 2.24 bits per heavy atom. The molecular weight excluding hydrogens is 281 g/mol. The third kappa shape index (κ3) is 3.53. The van der Waals surface area contributed by atoms with Crippen LogP contribution in [0.3, 0.4) is 0 Å². The molecule has 3 N–H and O–H groups in total. The average Bonchev–Trinajstić information content (AvgIpc) is 2.40. The van der Waals surface area contributed by atoms with Crippen molar-refractivity contribution in [3.05, 3.63) is 59.2 Å². The summed E-state index contributed by atoms with van der Waals surface area (Å²) in [6.07, 6.45) is -4.49. The standard InChI is InChI=1S/C15H13F3N2O/c1-9-2-5-11(6-3-9)21-13-7-4-10(15(16,17)18)8-12(13)14(19)20/h2-8H,1H3,(H3,19,20). The molecule has 21 heavy (non-hydrogen) atoms. The monoisotopic (exact) mass is 294 g/mol. The predicted octanol–water partition coefficient (Wildman–Crippen LogP) is 4.09. The number of benzene rings is 2.